The van der Waals surface area contributed by atoms with Crippen LogP contribution >= 0.6 is 11.8 Å². The van der Waals surface area contributed by atoms with Crippen molar-refractivity contribution in [3.63, 3.8) is 0 Å². The first kappa shape index (κ1) is 12.5. The van der Waals surface area contributed by atoms with Crippen molar-refractivity contribution in [1.82, 2.24) is 5.32 Å². The Morgan fingerprint density at radius 2 is 2.29 bits per heavy atom. The van der Waals surface area contributed by atoms with Gasteiger partial charge in [-0.1, -0.05) is 6.58 Å². The number of carbonyl (C=O) groups excluding carboxylic acids is 1. The highest BCUT2D eigenvalue weighted by Crippen LogP contribution is 2.13. The summed E-state index contributed by atoms with van der Waals surface area (Å²) < 4.78 is 0. The zero-order valence-electron chi connectivity index (χ0n) is 7.61. The highest BCUT2D eigenvalue weighted by atomic mass is 32.2. The van der Waals surface area contributed by atoms with E-state index in [2.05, 4.69) is 11.9 Å². The molecular weight excluding hydrogens is 204 g/mol. The quantitative estimate of drug-likeness (QED) is 0.644. The standard InChI is InChI=1S/C8H10N2O3S/c1-5(3-9)14-4-7(8(12)13)10-6(2)11/h7H,1,4H2,2H3,(H,10,11)(H,12,13)/t7-/m0/s1. The van der Waals surface area contributed by atoms with Gasteiger partial charge in [0.15, 0.2) is 0 Å². The predicted molar refractivity (Wildman–Crippen MR) is 52.5 cm³/mol. The summed E-state index contributed by atoms with van der Waals surface area (Å²) in [5.74, 6) is -1.44. The number of aliphatic carboxylic acids is 1. The smallest absolute Gasteiger partial charge is 0.327 e. The van der Waals surface area contributed by atoms with Crippen molar-refractivity contribution in [3.05, 3.63) is 11.5 Å². The maximum atomic E-state index is 10.6. The largest absolute Gasteiger partial charge is 0.480 e. The summed E-state index contributed by atoms with van der Waals surface area (Å²) in [6, 6.07) is 0.792. The summed E-state index contributed by atoms with van der Waals surface area (Å²) in [6.07, 6.45) is 0. The first-order valence-electron chi connectivity index (χ1n) is 3.69. The molecule has 0 unspecified atom stereocenters. The third kappa shape index (κ3) is 5.22. The summed E-state index contributed by atoms with van der Waals surface area (Å²) >= 11 is 1.00. The van der Waals surface area contributed by atoms with Crippen molar-refractivity contribution in [2.75, 3.05) is 5.75 Å². The molecule has 0 fully saturated rings. The van der Waals surface area contributed by atoms with Crippen LogP contribution in [0.15, 0.2) is 11.5 Å². The zero-order chi connectivity index (χ0) is 11.1. The van der Waals surface area contributed by atoms with Gasteiger partial charge in [0, 0.05) is 12.7 Å². The molecule has 0 saturated carbocycles. The minimum absolute atomic E-state index is 0.0985. The number of amides is 1. The van der Waals surface area contributed by atoms with Gasteiger partial charge in [0.2, 0.25) is 5.91 Å². The van der Waals surface area contributed by atoms with Crippen LogP contribution in [0.3, 0.4) is 0 Å². The maximum Gasteiger partial charge on any atom is 0.327 e. The average molecular weight is 214 g/mol. The van der Waals surface area contributed by atoms with Crippen molar-refractivity contribution in [2.24, 2.45) is 0 Å². The van der Waals surface area contributed by atoms with E-state index >= 15 is 0 Å². The lowest BCUT2D eigenvalue weighted by molar-refractivity contribution is -0.140. The lowest BCUT2D eigenvalue weighted by Gasteiger charge is -2.11. The number of rotatable bonds is 5. The Hall–Kier alpha value is -1.48. The second-order valence-corrected chi connectivity index (χ2v) is 3.55. The number of carbonyl (C=O) groups is 2. The number of hydrogen-bond acceptors (Lipinski definition) is 4. The summed E-state index contributed by atoms with van der Waals surface area (Å²) in [4.78, 5) is 21.4. The molecule has 0 bridgehead atoms. The summed E-state index contributed by atoms with van der Waals surface area (Å²) in [6.45, 7) is 4.62. The second-order valence-electron chi connectivity index (χ2n) is 2.44. The SMILES string of the molecule is C=C(C#N)SC[C@H](NC(C)=O)C(=O)O. The summed E-state index contributed by atoms with van der Waals surface area (Å²) in [7, 11) is 0. The second kappa shape index (κ2) is 6.05. The molecule has 6 heteroatoms. The number of hydrogen-bond donors (Lipinski definition) is 2. The number of allylic oxidation sites excluding steroid dienone is 1. The zero-order valence-corrected chi connectivity index (χ0v) is 8.43. The fourth-order valence-electron chi connectivity index (χ4n) is 0.636. The van der Waals surface area contributed by atoms with Crippen LogP contribution in [0.4, 0.5) is 0 Å². The molecular formula is C8H10N2O3S. The minimum Gasteiger partial charge on any atom is -0.480 e. The molecule has 0 saturated heterocycles. The van der Waals surface area contributed by atoms with Gasteiger partial charge in [0.05, 0.1) is 4.91 Å². The Balaban J connectivity index is 4.12. The predicted octanol–water partition coefficient (Wildman–Crippen LogP) is 0.346. The normalized spacial score (nSPS) is 11.1. The average Bonchev–Trinajstić information content (AvgIpc) is 2.10. The Labute approximate surface area is 85.8 Å². The molecule has 5 nitrogen and oxygen atoms in total. The van der Waals surface area contributed by atoms with E-state index < -0.39 is 17.9 Å². The van der Waals surface area contributed by atoms with Gasteiger partial charge in [0.25, 0.3) is 0 Å². The van der Waals surface area contributed by atoms with E-state index in [0.717, 1.165) is 11.8 Å². The van der Waals surface area contributed by atoms with Gasteiger partial charge >= 0.3 is 5.97 Å². The van der Waals surface area contributed by atoms with Gasteiger partial charge in [-0.3, -0.25) is 4.79 Å². The number of nitrogens with one attached hydrogen (secondary N) is 1. The molecule has 76 valence electrons. The Bertz CT molecular complexity index is 295. The molecule has 0 aliphatic rings. The number of thioether (sulfide) groups is 1. The van der Waals surface area contributed by atoms with Gasteiger partial charge in [0.1, 0.15) is 12.1 Å². The Morgan fingerprint density at radius 1 is 1.71 bits per heavy atom. The van der Waals surface area contributed by atoms with E-state index in [9.17, 15) is 9.59 Å². The van der Waals surface area contributed by atoms with Gasteiger partial charge in [-0.2, -0.15) is 5.26 Å². The fourth-order valence-corrected chi connectivity index (χ4v) is 1.29. The molecule has 0 aromatic carbocycles. The third-order valence-corrected chi connectivity index (χ3v) is 2.16. The lowest BCUT2D eigenvalue weighted by Crippen LogP contribution is -2.41. The van der Waals surface area contributed by atoms with Crippen LogP contribution in [-0.4, -0.2) is 28.8 Å². The van der Waals surface area contributed by atoms with E-state index in [1.54, 1.807) is 6.07 Å². The van der Waals surface area contributed by atoms with Crippen LogP contribution in [0, 0.1) is 11.3 Å². The van der Waals surface area contributed by atoms with Crippen molar-refractivity contribution in [2.45, 2.75) is 13.0 Å². The van der Waals surface area contributed by atoms with Crippen molar-refractivity contribution < 1.29 is 14.7 Å². The number of nitrogens with zero attached hydrogens (tertiary/aromatic N) is 1. The van der Waals surface area contributed by atoms with Crippen molar-refractivity contribution in [1.29, 1.82) is 5.26 Å². The molecule has 0 rings (SSSR count). The molecule has 0 heterocycles. The highest BCUT2D eigenvalue weighted by Gasteiger charge is 2.18. The first-order chi connectivity index (χ1) is 6.47. The van der Waals surface area contributed by atoms with Crippen LogP contribution in [0.1, 0.15) is 6.92 Å². The van der Waals surface area contributed by atoms with Gasteiger partial charge in [-0.25, -0.2) is 4.79 Å². The van der Waals surface area contributed by atoms with Crippen molar-refractivity contribution in [3.8, 4) is 6.07 Å². The highest BCUT2D eigenvalue weighted by molar-refractivity contribution is 8.03. The van der Waals surface area contributed by atoms with Crippen LogP contribution in [0.25, 0.3) is 0 Å². The Morgan fingerprint density at radius 3 is 2.64 bits per heavy atom. The maximum absolute atomic E-state index is 10.6. The molecule has 1 amide bonds. The molecule has 0 spiro atoms. The monoisotopic (exact) mass is 214 g/mol. The molecule has 0 radical (unpaired) electrons. The topological polar surface area (TPSA) is 90.2 Å². The fraction of sp³-hybridized carbons (Fsp3) is 0.375. The van der Waals surface area contributed by atoms with Crippen molar-refractivity contribution >= 4 is 23.6 Å². The molecule has 0 aliphatic carbocycles. The number of carboxylic acid groups (broad SMARTS) is 1. The van der Waals surface area contributed by atoms with Gasteiger partial charge in [-0.05, 0) is 0 Å². The van der Waals surface area contributed by atoms with E-state index in [4.69, 9.17) is 10.4 Å². The molecule has 2 N–H and O–H groups in total. The summed E-state index contributed by atoms with van der Waals surface area (Å²) in [5, 5.41) is 19.3. The molecule has 0 aromatic rings. The van der Waals surface area contributed by atoms with Crippen LogP contribution < -0.4 is 5.32 Å². The first-order valence-corrected chi connectivity index (χ1v) is 4.67. The molecule has 0 aliphatic heterocycles. The van der Waals surface area contributed by atoms with Crippen LogP contribution in [-0.2, 0) is 9.59 Å². The van der Waals surface area contributed by atoms with E-state index in [-0.39, 0.29) is 10.7 Å². The minimum atomic E-state index is -1.13. The number of carboxylic acids is 1. The van der Waals surface area contributed by atoms with E-state index in [0.29, 0.717) is 0 Å². The van der Waals surface area contributed by atoms with Crippen LogP contribution in [0.2, 0.25) is 0 Å². The van der Waals surface area contributed by atoms with Gasteiger partial charge in [-0.15, -0.1) is 11.8 Å². The number of nitriles is 1. The molecule has 1 atom stereocenters. The van der Waals surface area contributed by atoms with Gasteiger partial charge < -0.3 is 10.4 Å². The Kier molecular flexibility index (Phi) is 5.41. The molecule has 0 aromatic heterocycles. The third-order valence-electron chi connectivity index (χ3n) is 1.22. The summed E-state index contributed by atoms with van der Waals surface area (Å²) in [5.41, 5.74) is 0. The molecule has 14 heavy (non-hydrogen) atoms. The lowest BCUT2D eigenvalue weighted by atomic mass is 10.3. The van der Waals surface area contributed by atoms with E-state index in [1.807, 2.05) is 0 Å². The van der Waals surface area contributed by atoms with E-state index in [1.165, 1.54) is 6.92 Å². The van der Waals surface area contributed by atoms with Crippen LogP contribution in [0.5, 0.6) is 0 Å².